The van der Waals surface area contributed by atoms with Gasteiger partial charge < -0.3 is 0 Å². The van der Waals surface area contributed by atoms with Gasteiger partial charge in [-0.1, -0.05) is 170 Å². The third-order valence-electron chi connectivity index (χ3n) is 12.2. The molecule has 2 aromatic heterocycles. The molecule has 0 radical (unpaired) electrons. The molecule has 0 N–H and O–H groups in total. The van der Waals surface area contributed by atoms with Crippen molar-refractivity contribution < 1.29 is 0 Å². The maximum Gasteiger partial charge on any atom is 0.0964 e. The van der Waals surface area contributed by atoms with Crippen molar-refractivity contribution >= 4 is 48.9 Å². The predicted octanol–water partition coefficient (Wildman–Crippen LogP) is 15.4. The van der Waals surface area contributed by atoms with Crippen LogP contribution in [0.3, 0.4) is 0 Å². The van der Waals surface area contributed by atoms with Crippen molar-refractivity contribution in [1.29, 1.82) is 0 Å². The first kappa shape index (κ1) is 35.5. The van der Waals surface area contributed by atoms with E-state index in [0.717, 1.165) is 33.8 Å². The number of aromatic nitrogens is 2. The number of hydrogen-bond donors (Lipinski definition) is 0. The Hall–Kier alpha value is -7.68. The van der Waals surface area contributed by atoms with Gasteiger partial charge in [-0.05, 0) is 138 Å². The quantitative estimate of drug-likeness (QED) is 0.167. The fourth-order valence-electron chi connectivity index (χ4n) is 9.30. The first-order chi connectivity index (χ1) is 29.6. The normalized spacial score (nSPS) is 13.7. The van der Waals surface area contributed by atoms with Crippen LogP contribution in [-0.2, 0) is 6.42 Å². The summed E-state index contributed by atoms with van der Waals surface area (Å²) in [6.07, 6.45) is 13.1. The Labute approximate surface area is 350 Å². The molecule has 0 amide bonds. The summed E-state index contributed by atoms with van der Waals surface area (Å²) in [5.41, 5.74) is 19.5. The standard InChI is InChI=1S/C46H32.C12H8N2/c1-29-18-20-31(21-19-29)33-26-34(37-23-22-36-30(2)10-4-3-5-11-32-12-8-15-41(37)45(32)36)28-35(27-33)38-24-25-44-40-14-7-6-13-39(40)43-17-9-16-42(38)46(43)44;1-3-9-5-6-10-4-2-8-14-12(10)11(9)13-7-1/h3-10,12-28H,2,11H2,1H3;1-8H/b5-3-,10-4-;. The molecule has 2 nitrogen and oxygen atoms in total. The maximum atomic E-state index is 4.44. The smallest absolute Gasteiger partial charge is 0.0964 e. The lowest BCUT2D eigenvalue weighted by Crippen LogP contribution is -1.93. The zero-order valence-electron chi connectivity index (χ0n) is 33.4. The summed E-state index contributed by atoms with van der Waals surface area (Å²) in [7, 11) is 0. The molecule has 0 aliphatic heterocycles. The van der Waals surface area contributed by atoms with Gasteiger partial charge in [0.1, 0.15) is 0 Å². The van der Waals surface area contributed by atoms with Gasteiger partial charge in [-0.2, -0.15) is 0 Å². The molecule has 8 aromatic carbocycles. The van der Waals surface area contributed by atoms with E-state index >= 15 is 0 Å². The highest BCUT2D eigenvalue weighted by Gasteiger charge is 2.23. The largest absolute Gasteiger partial charge is 0.254 e. The van der Waals surface area contributed by atoms with Crippen LogP contribution in [0.5, 0.6) is 0 Å². The van der Waals surface area contributed by atoms with Crippen LogP contribution < -0.4 is 0 Å². The van der Waals surface area contributed by atoms with Gasteiger partial charge in [0, 0.05) is 23.2 Å². The van der Waals surface area contributed by atoms with Gasteiger partial charge in [0.15, 0.2) is 0 Å². The third kappa shape index (κ3) is 6.04. The van der Waals surface area contributed by atoms with E-state index < -0.39 is 0 Å². The molecule has 0 saturated heterocycles. The van der Waals surface area contributed by atoms with Gasteiger partial charge in [0.05, 0.1) is 11.0 Å². The number of allylic oxidation sites excluding steroid dienone is 5. The van der Waals surface area contributed by atoms with Crippen molar-refractivity contribution in [3.8, 4) is 55.6 Å². The average molecular weight is 765 g/mol. The van der Waals surface area contributed by atoms with Crippen LogP contribution in [0.2, 0.25) is 0 Å². The van der Waals surface area contributed by atoms with Crippen molar-refractivity contribution in [1.82, 2.24) is 9.97 Å². The molecule has 2 aliphatic rings. The van der Waals surface area contributed by atoms with Crippen molar-refractivity contribution in [3.05, 3.63) is 224 Å². The number of rotatable bonds is 3. The molecule has 12 rings (SSSR count). The molecular weight excluding hydrogens is 725 g/mol. The van der Waals surface area contributed by atoms with Gasteiger partial charge >= 0.3 is 0 Å². The van der Waals surface area contributed by atoms with Crippen LogP contribution >= 0.6 is 0 Å². The molecule has 2 heterocycles. The molecule has 60 heavy (non-hydrogen) atoms. The van der Waals surface area contributed by atoms with E-state index in [1.165, 1.54) is 93.9 Å². The number of hydrogen-bond acceptors (Lipinski definition) is 2. The fourth-order valence-corrected chi connectivity index (χ4v) is 9.30. The van der Waals surface area contributed by atoms with Crippen molar-refractivity contribution in [2.75, 3.05) is 0 Å². The minimum Gasteiger partial charge on any atom is -0.254 e. The Kier molecular flexibility index (Phi) is 8.64. The lowest BCUT2D eigenvalue weighted by molar-refractivity contribution is 1.30. The van der Waals surface area contributed by atoms with E-state index in [2.05, 4.69) is 199 Å². The minimum absolute atomic E-state index is 0.892. The lowest BCUT2D eigenvalue weighted by atomic mass is 9.86. The zero-order chi connectivity index (χ0) is 40.2. The lowest BCUT2D eigenvalue weighted by Gasteiger charge is -2.18. The molecule has 0 saturated carbocycles. The van der Waals surface area contributed by atoms with Crippen LogP contribution in [-0.4, -0.2) is 9.97 Å². The Balaban J connectivity index is 0.000000245. The highest BCUT2D eigenvalue weighted by molar-refractivity contribution is 6.19. The maximum absolute atomic E-state index is 4.44. The van der Waals surface area contributed by atoms with Crippen LogP contribution in [0.4, 0.5) is 0 Å². The van der Waals surface area contributed by atoms with Crippen molar-refractivity contribution in [3.63, 3.8) is 0 Å². The van der Waals surface area contributed by atoms with E-state index in [-0.39, 0.29) is 0 Å². The molecular formula is C58H40N2. The van der Waals surface area contributed by atoms with Crippen LogP contribution in [0.25, 0.3) is 105 Å². The van der Waals surface area contributed by atoms with Gasteiger partial charge in [-0.25, -0.2) is 0 Å². The molecule has 0 spiro atoms. The van der Waals surface area contributed by atoms with E-state index in [0.29, 0.717) is 0 Å². The highest BCUT2D eigenvalue weighted by Crippen LogP contribution is 2.50. The van der Waals surface area contributed by atoms with Gasteiger partial charge in [0.25, 0.3) is 0 Å². The monoisotopic (exact) mass is 764 g/mol. The van der Waals surface area contributed by atoms with Gasteiger partial charge in [0.2, 0.25) is 0 Å². The summed E-state index contributed by atoms with van der Waals surface area (Å²) in [5, 5.41) is 7.49. The van der Waals surface area contributed by atoms with Crippen molar-refractivity contribution in [2.24, 2.45) is 0 Å². The molecule has 2 aliphatic carbocycles. The Bertz CT molecular complexity index is 3340. The summed E-state index contributed by atoms with van der Waals surface area (Å²) in [6, 6.07) is 59.8. The number of benzene rings is 8. The molecule has 0 atom stereocenters. The molecule has 0 fully saturated rings. The first-order valence-corrected chi connectivity index (χ1v) is 20.6. The minimum atomic E-state index is 0.892. The van der Waals surface area contributed by atoms with E-state index in [1.807, 2.05) is 12.1 Å². The zero-order valence-corrected chi connectivity index (χ0v) is 33.4. The summed E-state index contributed by atoms with van der Waals surface area (Å²) in [4.78, 5) is 8.69. The number of aryl methyl sites for hydroxylation is 1. The molecule has 2 heteroatoms. The SMILES string of the molecule is C=C1/C=C\C=C/Cc2cccc3c(-c4cc(-c5ccc(C)cc5)cc(-c5ccc6c7c(cccc57)-c5ccccc5-6)c4)ccc1c23.c1cnc2c(c1)ccc1cccnc12. The topological polar surface area (TPSA) is 25.8 Å². The fraction of sp³-hybridized carbons (Fsp3) is 0.0345. The molecule has 10 aromatic rings. The van der Waals surface area contributed by atoms with Gasteiger partial charge in [-0.15, -0.1) is 0 Å². The average Bonchev–Trinajstić information content (AvgIpc) is 3.66. The number of nitrogens with zero attached hydrogens (tertiary/aromatic N) is 2. The second-order valence-electron chi connectivity index (χ2n) is 15.8. The summed E-state index contributed by atoms with van der Waals surface area (Å²) in [5.74, 6) is 0. The summed E-state index contributed by atoms with van der Waals surface area (Å²) < 4.78 is 0. The first-order valence-electron chi connectivity index (χ1n) is 20.6. The number of fused-ring (bicyclic) bond motifs is 6. The Morgan fingerprint density at radius 1 is 0.433 bits per heavy atom. The molecule has 0 unspecified atom stereocenters. The highest BCUT2D eigenvalue weighted by atomic mass is 14.7. The van der Waals surface area contributed by atoms with Gasteiger partial charge in [-0.3, -0.25) is 9.97 Å². The van der Waals surface area contributed by atoms with E-state index in [4.69, 9.17) is 0 Å². The third-order valence-corrected chi connectivity index (χ3v) is 12.2. The Morgan fingerprint density at radius 3 is 1.68 bits per heavy atom. The Morgan fingerprint density at radius 2 is 1.00 bits per heavy atom. The summed E-state index contributed by atoms with van der Waals surface area (Å²) in [6.45, 7) is 6.59. The van der Waals surface area contributed by atoms with Crippen LogP contribution in [0.15, 0.2) is 207 Å². The van der Waals surface area contributed by atoms with E-state index in [9.17, 15) is 0 Å². The van der Waals surface area contributed by atoms with Crippen LogP contribution in [0.1, 0.15) is 16.7 Å². The van der Waals surface area contributed by atoms with Crippen LogP contribution in [0, 0.1) is 6.92 Å². The van der Waals surface area contributed by atoms with Crippen molar-refractivity contribution in [2.45, 2.75) is 13.3 Å². The predicted molar refractivity (Wildman–Crippen MR) is 255 cm³/mol. The number of pyridine rings is 2. The second-order valence-corrected chi connectivity index (χ2v) is 15.8. The molecule has 0 bridgehead atoms. The summed E-state index contributed by atoms with van der Waals surface area (Å²) >= 11 is 0. The van der Waals surface area contributed by atoms with E-state index in [1.54, 1.807) is 12.4 Å². The molecule has 282 valence electrons. The second kappa shape index (κ2) is 14.6.